The molecule has 0 atom stereocenters. The highest BCUT2D eigenvalue weighted by Crippen LogP contribution is 2.22. The first-order valence-corrected chi connectivity index (χ1v) is 13.8. The van der Waals surface area contributed by atoms with Gasteiger partial charge in [0.15, 0.2) is 5.71 Å². The van der Waals surface area contributed by atoms with Gasteiger partial charge in [-0.1, -0.05) is 126 Å². The molecular weight excluding hydrogens is 503 g/mol. The predicted molar refractivity (Wildman–Crippen MR) is 172 cm³/mol. The molecule has 0 radical (unpaired) electrons. The van der Waals surface area contributed by atoms with Gasteiger partial charge in [-0.3, -0.25) is 5.43 Å². The smallest absolute Gasteiger partial charge is 0.509 e. The number of rotatable bonds is 6. The molecule has 1 aliphatic rings. The van der Waals surface area contributed by atoms with Crippen molar-refractivity contribution < 1.29 is 9.14 Å². The Bertz CT molecular complexity index is 1680. The summed E-state index contributed by atoms with van der Waals surface area (Å²) in [6.07, 6.45) is 0. The van der Waals surface area contributed by atoms with Crippen LogP contribution >= 0.6 is 0 Å². The van der Waals surface area contributed by atoms with Crippen LogP contribution in [-0.4, -0.2) is 35.3 Å². The summed E-state index contributed by atoms with van der Waals surface area (Å²) < 4.78 is 9.42. The molecule has 6 heteroatoms. The number of para-hydroxylation sites is 1. The molecule has 0 fully saturated rings. The van der Waals surface area contributed by atoms with Crippen molar-refractivity contribution in [2.75, 3.05) is 12.5 Å². The van der Waals surface area contributed by atoms with Crippen LogP contribution in [0.1, 0.15) is 11.1 Å². The van der Waals surface area contributed by atoms with Crippen molar-refractivity contribution in [2.24, 2.45) is 10.1 Å². The second-order valence-electron chi connectivity index (χ2n) is 10.2. The minimum absolute atomic E-state index is 0.445. The first-order chi connectivity index (χ1) is 20.1. The van der Waals surface area contributed by atoms with Gasteiger partial charge in [-0.2, -0.15) is 5.10 Å². The Morgan fingerprint density at radius 3 is 1.71 bits per heavy atom. The van der Waals surface area contributed by atoms with Crippen LogP contribution in [0.25, 0.3) is 0 Å². The molecule has 5 aromatic rings. The fraction of sp³-hybridized carbons (Fsp3) is 0.0571. The van der Waals surface area contributed by atoms with Gasteiger partial charge in [-0.15, -0.1) is 0 Å². The third kappa shape index (κ3) is 5.20. The van der Waals surface area contributed by atoms with E-state index in [1.807, 2.05) is 72.8 Å². The highest BCUT2D eigenvalue weighted by molar-refractivity contribution is 6.96. The Labute approximate surface area is 241 Å². The summed E-state index contributed by atoms with van der Waals surface area (Å²) in [6, 6.07) is 49.1. The molecule has 1 heterocycles. The van der Waals surface area contributed by atoms with E-state index in [2.05, 4.69) is 96.7 Å². The van der Waals surface area contributed by atoms with E-state index in [-0.39, 0.29) is 0 Å². The number of benzene rings is 5. The highest BCUT2D eigenvalue weighted by atomic mass is 16.5. The normalized spacial score (nSPS) is 16.4. The monoisotopic (exact) mass is 534 g/mol. The lowest BCUT2D eigenvalue weighted by molar-refractivity contribution is -0.370. The van der Waals surface area contributed by atoms with Crippen molar-refractivity contribution in [3.63, 3.8) is 0 Å². The average molecular weight is 534 g/mol. The molecule has 0 aliphatic carbocycles. The SMILES string of the molecule is Cc1ccc(N/N=C2\C(=Nc3ccccc3)O[B-](c3ccccc3)(c3ccccc3)[N+](C)=C2c2ccccc2)cc1. The van der Waals surface area contributed by atoms with E-state index < -0.39 is 6.48 Å². The zero-order chi connectivity index (χ0) is 28.1. The van der Waals surface area contributed by atoms with E-state index in [9.17, 15) is 0 Å². The number of aliphatic imine (C=N–C) groups is 1. The quantitative estimate of drug-likeness (QED) is 0.218. The van der Waals surface area contributed by atoms with Gasteiger partial charge >= 0.3 is 6.48 Å². The molecule has 0 aromatic heterocycles. The Morgan fingerprint density at radius 2 is 1.15 bits per heavy atom. The average Bonchev–Trinajstić information content (AvgIpc) is 3.03. The zero-order valence-electron chi connectivity index (χ0n) is 23.2. The molecule has 1 N–H and O–H groups in total. The van der Waals surface area contributed by atoms with Gasteiger partial charge in [0.05, 0.1) is 18.4 Å². The number of hydrogen-bond donors (Lipinski definition) is 1. The maximum absolute atomic E-state index is 7.18. The fourth-order valence-corrected chi connectivity index (χ4v) is 5.43. The third-order valence-corrected chi connectivity index (χ3v) is 7.49. The van der Waals surface area contributed by atoms with Gasteiger partial charge < -0.3 is 9.14 Å². The van der Waals surface area contributed by atoms with E-state index in [4.69, 9.17) is 14.7 Å². The van der Waals surface area contributed by atoms with Gasteiger partial charge in [0.1, 0.15) is 0 Å². The minimum atomic E-state index is -1.95. The van der Waals surface area contributed by atoms with E-state index in [0.29, 0.717) is 11.6 Å². The van der Waals surface area contributed by atoms with Crippen LogP contribution < -0.4 is 16.4 Å². The molecule has 200 valence electrons. The number of hydrogen-bond acceptors (Lipinski definition) is 4. The molecule has 0 bridgehead atoms. The largest absolute Gasteiger partial charge is 0.636 e. The molecular formula is C35H31BN4O. The third-order valence-electron chi connectivity index (χ3n) is 7.49. The van der Waals surface area contributed by atoms with Crippen LogP contribution in [0.3, 0.4) is 0 Å². The maximum Gasteiger partial charge on any atom is 0.509 e. The summed E-state index contributed by atoms with van der Waals surface area (Å²) in [7, 11) is 2.09. The summed E-state index contributed by atoms with van der Waals surface area (Å²) in [6.45, 7) is 0.119. The zero-order valence-corrected chi connectivity index (χ0v) is 23.2. The molecule has 41 heavy (non-hydrogen) atoms. The van der Waals surface area contributed by atoms with Crippen molar-refractivity contribution in [2.45, 2.75) is 6.92 Å². The summed E-state index contributed by atoms with van der Waals surface area (Å²) >= 11 is 0. The van der Waals surface area contributed by atoms with Crippen LogP contribution in [-0.2, 0) is 4.65 Å². The molecule has 0 amide bonds. The lowest BCUT2D eigenvalue weighted by Crippen LogP contribution is -2.73. The van der Waals surface area contributed by atoms with Crippen LogP contribution in [0, 0.1) is 6.92 Å². The van der Waals surface area contributed by atoms with Crippen LogP contribution in [0.4, 0.5) is 11.4 Å². The van der Waals surface area contributed by atoms with E-state index >= 15 is 0 Å². The van der Waals surface area contributed by atoms with Gasteiger partial charge in [0.2, 0.25) is 11.6 Å². The fourth-order valence-electron chi connectivity index (χ4n) is 5.43. The van der Waals surface area contributed by atoms with Gasteiger partial charge in [-0.05, 0) is 43.3 Å². The summed E-state index contributed by atoms with van der Waals surface area (Å²) in [4.78, 5) is 5.07. The summed E-state index contributed by atoms with van der Waals surface area (Å²) in [5.74, 6) is 0.445. The Kier molecular flexibility index (Phi) is 7.29. The standard InChI is InChI=1S/C35H31BN4O/c1-27-23-25-32(26-24-27)38-39-33-34(28-15-7-3-8-16-28)40(2)36(29-17-9-4-10-18-29,30-19-11-5-12-20-30)41-35(33)37-31-21-13-6-14-22-31/h3-26,38H,1-2H3/b37-35?,39-33-. The number of hydrazone groups is 1. The summed E-state index contributed by atoms with van der Waals surface area (Å²) in [5.41, 5.74) is 10.8. The van der Waals surface area contributed by atoms with Gasteiger partial charge in [0, 0.05) is 5.56 Å². The Balaban J connectivity index is 1.67. The highest BCUT2D eigenvalue weighted by Gasteiger charge is 2.51. The lowest BCUT2D eigenvalue weighted by Gasteiger charge is -2.42. The summed E-state index contributed by atoms with van der Waals surface area (Å²) in [5, 5.41) is 4.96. The number of nitrogens with zero attached hydrogens (tertiary/aromatic N) is 3. The van der Waals surface area contributed by atoms with E-state index in [1.165, 1.54) is 5.56 Å². The first kappa shape index (κ1) is 26.0. The van der Waals surface area contributed by atoms with Crippen molar-refractivity contribution >= 4 is 46.1 Å². The molecule has 5 nitrogen and oxygen atoms in total. The van der Waals surface area contributed by atoms with Crippen molar-refractivity contribution in [1.82, 2.24) is 0 Å². The Hall–Kier alpha value is -5.23. The van der Waals surface area contributed by atoms with Crippen molar-refractivity contribution in [3.05, 3.63) is 157 Å². The van der Waals surface area contributed by atoms with E-state index in [1.54, 1.807) is 0 Å². The molecule has 0 spiro atoms. The molecule has 0 saturated carbocycles. The molecule has 5 aromatic carbocycles. The lowest BCUT2D eigenvalue weighted by atomic mass is 9.40. The molecule has 0 unspecified atom stereocenters. The second-order valence-corrected chi connectivity index (χ2v) is 10.2. The minimum Gasteiger partial charge on any atom is -0.636 e. The molecule has 0 saturated heterocycles. The maximum atomic E-state index is 7.18. The Morgan fingerprint density at radius 1 is 0.634 bits per heavy atom. The van der Waals surface area contributed by atoms with Crippen LogP contribution in [0.2, 0.25) is 0 Å². The van der Waals surface area contributed by atoms with Crippen LogP contribution in [0.15, 0.2) is 156 Å². The van der Waals surface area contributed by atoms with Crippen molar-refractivity contribution in [3.8, 4) is 0 Å². The topological polar surface area (TPSA) is 49.0 Å². The molecule has 6 rings (SSSR count). The first-order valence-electron chi connectivity index (χ1n) is 13.8. The van der Waals surface area contributed by atoms with Gasteiger partial charge in [-0.25, -0.2) is 4.99 Å². The van der Waals surface area contributed by atoms with E-state index in [0.717, 1.165) is 33.6 Å². The van der Waals surface area contributed by atoms with Crippen LogP contribution in [0.5, 0.6) is 0 Å². The predicted octanol–water partition coefficient (Wildman–Crippen LogP) is 5.91. The number of aryl methyl sites for hydroxylation is 1. The molecule has 1 aliphatic heterocycles. The number of nitrogens with one attached hydrogen (secondary N) is 1. The second kappa shape index (κ2) is 11.5. The number of anilines is 1. The van der Waals surface area contributed by atoms with Gasteiger partial charge in [0.25, 0.3) is 0 Å². The van der Waals surface area contributed by atoms with Crippen molar-refractivity contribution in [1.29, 1.82) is 0 Å².